The first kappa shape index (κ1) is 13.7. The Morgan fingerprint density at radius 2 is 1.32 bits per heavy atom. The second-order valence-corrected chi connectivity index (χ2v) is 4.72. The molecule has 100 valence electrons. The number of hydrogen-bond acceptors (Lipinski definition) is 1. The van der Waals surface area contributed by atoms with Gasteiger partial charge in [-0.2, -0.15) is 0 Å². The molecule has 2 rings (SSSR count). The fourth-order valence-electron chi connectivity index (χ4n) is 2.20. The van der Waals surface area contributed by atoms with E-state index in [2.05, 4.69) is 0 Å². The molecule has 0 unspecified atom stereocenters. The van der Waals surface area contributed by atoms with Gasteiger partial charge in [0, 0.05) is 6.61 Å². The first-order chi connectivity index (χ1) is 9.17. The van der Waals surface area contributed by atoms with Crippen LogP contribution in [0, 0.1) is 17.6 Å². The van der Waals surface area contributed by atoms with E-state index >= 15 is 0 Å². The van der Waals surface area contributed by atoms with Gasteiger partial charge >= 0.3 is 0 Å². The van der Waals surface area contributed by atoms with Crippen LogP contribution in [0.25, 0.3) is 0 Å². The van der Waals surface area contributed by atoms with Crippen LogP contribution < -0.4 is 0 Å². The standard InChI is InChI=1S/C16H16F2O/c17-15-5-1-3-12(9-15)7-14(11-19)8-13-4-2-6-16(18)10-13/h1-6,9-10,14,19H,7-8,11H2. The number of halogens is 2. The third-order valence-electron chi connectivity index (χ3n) is 3.09. The first-order valence-electron chi connectivity index (χ1n) is 6.27. The molecular formula is C16H16F2O. The highest BCUT2D eigenvalue weighted by atomic mass is 19.1. The maximum absolute atomic E-state index is 13.1. The molecule has 0 bridgehead atoms. The van der Waals surface area contributed by atoms with Crippen molar-refractivity contribution < 1.29 is 13.9 Å². The molecule has 0 aromatic heterocycles. The van der Waals surface area contributed by atoms with Crippen LogP contribution in [0.4, 0.5) is 8.78 Å². The van der Waals surface area contributed by atoms with Gasteiger partial charge in [0.1, 0.15) is 11.6 Å². The summed E-state index contributed by atoms with van der Waals surface area (Å²) in [5, 5.41) is 9.40. The molecule has 0 amide bonds. The largest absolute Gasteiger partial charge is 0.396 e. The highest BCUT2D eigenvalue weighted by Crippen LogP contribution is 2.16. The van der Waals surface area contributed by atoms with Crippen molar-refractivity contribution in [2.45, 2.75) is 12.8 Å². The minimum atomic E-state index is -0.278. The third-order valence-corrected chi connectivity index (χ3v) is 3.09. The summed E-state index contributed by atoms with van der Waals surface area (Å²) in [5.41, 5.74) is 1.69. The average molecular weight is 262 g/mol. The van der Waals surface area contributed by atoms with Gasteiger partial charge in [-0.1, -0.05) is 24.3 Å². The van der Waals surface area contributed by atoms with Gasteiger partial charge in [0.2, 0.25) is 0 Å². The predicted octanol–water partition coefficient (Wildman–Crippen LogP) is 3.36. The summed E-state index contributed by atoms with van der Waals surface area (Å²) in [6.45, 7) is -0.00692. The first-order valence-corrected chi connectivity index (χ1v) is 6.27. The second kappa shape index (κ2) is 6.43. The van der Waals surface area contributed by atoms with Crippen LogP contribution in [0.1, 0.15) is 11.1 Å². The van der Waals surface area contributed by atoms with Crippen molar-refractivity contribution in [3.63, 3.8) is 0 Å². The van der Waals surface area contributed by atoms with Crippen LogP contribution in [0.15, 0.2) is 48.5 Å². The third kappa shape index (κ3) is 4.14. The summed E-state index contributed by atoms with van der Waals surface area (Å²) >= 11 is 0. The van der Waals surface area contributed by atoms with E-state index in [-0.39, 0.29) is 24.2 Å². The number of rotatable bonds is 5. The van der Waals surface area contributed by atoms with Gasteiger partial charge in [-0.05, 0) is 54.2 Å². The van der Waals surface area contributed by atoms with Crippen molar-refractivity contribution in [3.8, 4) is 0 Å². The fraction of sp³-hybridized carbons (Fsp3) is 0.250. The molecule has 2 aromatic carbocycles. The van der Waals surface area contributed by atoms with Crippen molar-refractivity contribution in [2.75, 3.05) is 6.61 Å². The van der Waals surface area contributed by atoms with Gasteiger partial charge < -0.3 is 5.11 Å². The lowest BCUT2D eigenvalue weighted by Gasteiger charge is -2.14. The molecule has 0 saturated carbocycles. The molecule has 0 spiro atoms. The predicted molar refractivity (Wildman–Crippen MR) is 70.8 cm³/mol. The fourth-order valence-corrected chi connectivity index (χ4v) is 2.20. The van der Waals surface area contributed by atoms with Gasteiger partial charge in [0.05, 0.1) is 0 Å². The minimum Gasteiger partial charge on any atom is -0.396 e. The van der Waals surface area contributed by atoms with Crippen molar-refractivity contribution in [3.05, 3.63) is 71.3 Å². The Labute approximate surface area is 111 Å². The van der Waals surface area contributed by atoms with E-state index in [1.807, 2.05) is 12.1 Å². The Balaban J connectivity index is 2.04. The average Bonchev–Trinajstić information content (AvgIpc) is 2.38. The molecule has 19 heavy (non-hydrogen) atoms. The smallest absolute Gasteiger partial charge is 0.123 e. The highest BCUT2D eigenvalue weighted by molar-refractivity contribution is 5.20. The van der Waals surface area contributed by atoms with Crippen LogP contribution in [-0.2, 0) is 12.8 Å². The van der Waals surface area contributed by atoms with Gasteiger partial charge in [-0.15, -0.1) is 0 Å². The molecule has 0 aliphatic heterocycles. The molecular weight excluding hydrogens is 246 g/mol. The van der Waals surface area contributed by atoms with Crippen molar-refractivity contribution in [1.82, 2.24) is 0 Å². The molecule has 0 radical (unpaired) electrons. The van der Waals surface area contributed by atoms with Crippen LogP contribution in [0.3, 0.4) is 0 Å². The Hall–Kier alpha value is -1.74. The second-order valence-electron chi connectivity index (χ2n) is 4.72. The Morgan fingerprint density at radius 1 is 0.842 bits per heavy atom. The van der Waals surface area contributed by atoms with Crippen LogP contribution in [-0.4, -0.2) is 11.7 Å². The van der Waals surface area contributed by atoms with E-state index < -0.39 is 0 Å². The van der Waals surface area contributed by atoms with Gasteiger partial charge in [0.15, 0.2) is 0 Å². The molecule has 0 aliphatic rings. The van der Waals surface area contributed by atoms with Crippen LogP contribution in [0.2, 0.25) is 0 Å². The topological polar surface area (TPSA) is 20.2 Å². The number of aliphatic hydroxyl groups excluding tert-OH is 1. The van der Waals surface area contributed by atoms with Crippen LogP contribution in [0.5, 0.6) is 0 Å². The normalized spacial score (nSPS) is 10.9. The van der Waals surface area contributed by atoms with Gasteiger partial charge in [-0.3, -0.25) is 0 Å². The molecule has 2 aromatic rings. The van der Waals surface area contributed by atoms with Gasteiger partial charge in [-0.25, -0.2) is 8.78 Å². The monoisotopic (exact) mass is 262 g/mol. The Bertz CT molecular complexity index is 492. The summed E-state index contributed by atoms with van der Waals surface area (Å²) in [6.07, 6.45) is 1.15. The van der Waals surface area contributed by atoms with E-state index in [1.54, 1.807) is 12.1 Å². The molecule has 0 heterocycles. The molecule has 0 fully saturated rings. The quantitative estimate of drug-likeness (QED) is 0.876. The van der Waals surface area contributed by atoms with E-state index in [0.717, 1.165) is 11.1 Å². The maximum Gasteiger partial charge on any atom is 0.123 e. The van der Waals surface area contributed by atoms with Crippen molar-refractivity contribution >= 4 is 0 Å². The molecule has 0 atom stereocenters. The molecule has 1 N–H and O–H groups in total. The van der Waals surface area contributed by atoms with Gasteiger partial charge in [0.25, 0.3) is 0 Å². The van der Waals surface area contributed by atoms with E-state index in [1.165, 1.54) is 24.3 Å². The van der Waals surface area contributed by atoms with E-state index in [4.69, 9.17) is 0 Å². The highest BCUT2D eigenvalue weighted by Gasteiger charge is 2.10. The maximum atomic E-state index is 13.1. The molecule has 1 nitrogen and oxygen atoms in total. The van der Waals surface area contributed by atoms with E-state index in [9.17, 15) is 13.9 Å². The Morgan fingerprint density at radius 3 is 1.68 bits per heavy atom. The Kier molecular flexibility index (Phi) is 4.63. The van der Waals surface area contributed by atoms with Crippen LogP contribution >= 0.6 is 0 Å². The zero-order valence-electron chi connectivity index (χ0n) is 10.5. The summed E-state index contributed by atoms with van der Waals surface area (Å²) in [7, 11) is 0. The minimum absolute atomic E-state index is 0.00692. The molecule has 3 heteroatoms. The summed E-state index contributed by atoms with van der Waals surface area (Å²) in [4.78, 5) is 0. The SMILES string of the molecule is OCC(Cc1cccc(F)c1)Cc1cccc(F)c1. The lowest BCUT2D eigenvalue weighted by Crippen LogP contribution is -2.13. The number of hydrogen-bond donors (Lipinski definition) is 1. The van der Waals surface area contributed by atoms with Crippen molar-refractivity contribution in [2.24, 2.45) is 5.92 Å². The summed E-state index contributed by atoms with van der Waals surface area (Å²) in [6, 6.07) is 12.7. The molecule has 0 aliphatic carbocycles. The zero-order valence-corrected chi connectivity index (χ0v) is 10.5. The summed E-state index contributed by atoms with van der Waals surface area (Å²) < 4.78 is 26.2. The zero-order chi connectivity index (χ0) is 13.7. The van der Waals surface area contributed by atoms with Crippen molar-refractivity contribution in [1.29, 1.82) is 0 Å². The molecule has 0 saturated heterocycles. The number of aliphatic hydroxyl groups is 1. The summed E-state index contributed by atoms with van der Waals surface area (Å²) in [5.74, 6) is -0.594. The number of benzene rings is 2. The van der Waals surface area contributed by atoms with E-state index in [0.29, 0.717) is 12.8 Å². The lowest BCUT2D eigenvalue weighted by atomic mass is 9.93. The lowest BCUT2D eigenvalue weighted by molar-refractivity contribution is 0.225.